The summed E-state index contributed by atoms with van der Waals surface area (Å²) in [7, 11) is 2.08. The van der Waals surface area contributed by atoms with Crippen LogP contribution in [0.2, 0.25) is 0 Å². The first-order valence-electron chi connectivity index (χ1n) is 6.25. The normalized spacial score (nSPS) is 11.3. The fourth-order valence-electron chi connectivity index (χ4n) is 1.59. The van der Waals surface area contributed by atoms with Gasteiger partial charge in [0.1, 0.15) is 0 Å². The topological polar surface area (TPSA) is 58.4 Å². The maximum atomic E-state index is 10.8. The van der Waals surface area contributed by atoms with Crippen LogP contribution in [0.25, 0.3) is 0 Å². The average molecular weight is 330 g/mol. The molecule has 0 aliphatic rings. The molecule has 0 bridgehead atoms. The van der Waals surface area contributed by atoms with Crippen LogP contribution >= 0.6 is 15.9 Å². The van der Waals surface area contributed by atoms with Crippen molar-refractivity contribution in [3.63, 3.8) is 0 Å². The van der Waals surface area contributed by atoms with E-state index in [9.17, 15) is 10.1 Å². The Morgan fingerprint density at radius 1 is 1.42 bits per heavy atom. The van der Waals surface area contributed by atoms with Crippen LogP contribution in [0, 0.1) is 10.1 Å². The molecule has 0 aliphatic carbocycles. The van der Waals surface area contributed by atoms with E-state index in [2.05, 4.69) is 47.0 Å². The molecule has 1 N–H and O–H groups in total. The number of nitrogens with zero attached hydrogens (tertiary/aromatic N) is 2. The van der Waals surface area contributed by atoms with E-state index in [1.807, 2.05) is 6.07 Å². The average Bonchev–Trinajstić information content (AvgIpc) is 2.33. The lowest BCUT2D eigenvalue weighted by Crippen LogP contribution is -2.33. The Balaban J connectivity index is 2.47. The van der Waals surface area contributed by atoms with Crippen LogP contribution in [0.5, 0.6) is 0 Å². The second kappa shape index (κ2) is 7.57. The highest BCUT2D eigenvalue weighted by Crippen LogP contribution is 2.21. The number of nitrogens with one attached hydrogen (secondary N) is 1. The molecule has 0 heterocycles. The maximum Gasteiger partial charge on any atom is 0.270 e. The number of halogens is 1. The molecule has 0 amide bonds. The predicted molar refractivity (Wildman–Crippen MR) is 80.3 cm³/mol. The van der Waals surface area contributed by atoms with Gasteiger partial charge >= 0.3 is 0 Å². The molecule has 0 fully saturated rings. The SMILES string of the molecule is CC(C)N(C)CCNCc1cc(Br)cc([N+](=O)[O-])c1. The molecule has 0 radical (unpaired) electrons. The van der Waals surface area contributed by atoms with Crippen molar-refractivity contribution in [3.8, 4) is 0 Å². The van der Waals surface area contributed by atoms with Gasteiger partial charge in [0.15, 0.2) is 0 Å². The van der Waals surface area contributed by atoms with Crippen LogP contribution in [0.1, 0.15) is 19.4 Å². The summed E-state index contributed by atoms with van der Waals surface area (Å²) in [5.74, 6) is 0. The molecular weight excluding hydrogens is 310 g/mol. The molecule has 6 heteroatoms. The fourth-order valence-corrected chi connectivity index (χ4v) is 2.12. The number of hydrogen-bond donors (Lipinski definition) is 1. The third-order valence-corrected chi connectivity index (χ3v) is 3.46. The minimum absolute atomic E-state index is 0.116. The molecule has 0 saturated carbocycles. The molecule has 1 aromatic rings. The van der Waals surface area contributed by atoms with Crippen LogP contribution < -0.4 is 5.32 Å². The summed E-state index contributed by atoms with van der Waals surface area (Å²) in [6.45, 7) is 6.74. The van der Waals surface area contributed by atoms with Crippen LogP contribution in [0.3, 0.4) is 0 Å². The number of hydrogen-bond acceptors (Lipinski definition) is 4. The number of likely N-dealkylation sites (N-methyl/N-ethyl adjacent to an activating group) is 1. The molecule has 0 spiro atoms. The number of benzene rings is 1. The van der Waals surface area contributed by atoms with Gasteiger partial charge in [-0.3, -0.25) is 10.1 Å². The van der Waals surface area contributed by atoms with Crippen LogP contribution in [-0.4, -0.2) is 36.0 Å². The summed E-state index contributed by atoms with van der Waals surface area (Å²) >= 11 is 3.29. The number of nitro benzene ring substituents is 1. The molecule has 5 nitrogen and oxygen atoms in total. The number of nitro groups is 1. The lowest BCUT2D eigenvalue weighted by Gasteiger charge is -2.20. The van der Waals surface area contributed by atoms with Gasteiger partial charge in [-0.25, -0.2) is 0 Å². The van der Waals surface area contributed by atoms with E-state index in [0.717, 1.165) is 23.1 Å². The molecule has 0 saturated heterocycles. The predicted octanol–water partition coefficient (Wildman–Crippen LogP) is 2.79. The van der Waals surface area contributed by atoms with Gasteiger partial charge in [0.05, 0.1) is 4.92 Å². The molecule has 1 rings (SSSR count). The smallest absolute Gasteiger partial charge is 0.270 e. The lowest BCUT2D eigenvalue weighted by atomic mass is 10.2. The van der Waals surface area contributed by atoms with E-state index in [1.165, 1.54) is 6.07 Å². The first kappa shape index (κ1) is 16.1. The summed E-state index contributed by atoms with van der Waals surface area (Å²) in [5.41, 5.74) is 1.03. The van der Waals surface area contributed by atoms with E-state index in [0.29, 0.717) is 12.6 Å². The Labute approximate surface area is 122 Å². The first-order chi connectivity index (χ1) is 8.90. The molecule has 0 unspecified atom stereocenters. The van der Waals surface area contributed by atoms with Gasteiger partial charge in [-0.2, -0.15) is 0 Å². The van der Waals surface area contributed by atoms with Crippen molar-refractivity contribution < 1.29 is 4.92 Å². The fraction of sp³-hybridized carbons (Fsp3) is 0.538. The van der Waals surface area contributed by atoms with Crippen molar-refractivity contribution in [1.82, 2.24) is 10.2 Å². The quantitative estimate of drug-likeness (QED) is 0.474. The minimum atomic E-state index is -0.374. The Bertz CT molecular complexity index is 438. The first-order valence-corrected chi connectivity index (χ1v) is 7.04. The molecule has 1 aromatic carbocycles. The molecule has 106 valence electrons. The summed E-state index contributed by atoms with van der Waals surface area (Å²) in [5, 5.41) is 14.1. The van der Waals surface area contributed by atoms with Gasteiger partial charge in [-0.1, -0.05) is 15.9 Å². The highest BCUT2D eigenvalue weighted by molar-refractivity contribution is 9.10. The van der Waals surface area contributed by atoms with Crippen molar-refractivity contribution in [1.29, 1.82) is 0 Å². The number of non-ortho nitro benzene ring substituents is 1. The summed E-state index contributed by atoms with van der Waals surface area (Å²) in [4.78, 5) is 12.6. The second-order valence-electron chi connectivity index (χ2n) is 4.83. The van der Waals surface area contributed by atoms with Gasteiger partial charge in [0, 0.05) is 42.3 Å². The van der Waals surface area contributed by atoms with E-state index < -0.39 is 0 Å². The van der Waals surface area contributed by atoms with Gasteiger partial charge in [0.2, 0.25) is 0 Å². The summed E-state index contributed by atoms with van der Waals surface area (Å²) in [6.07, 6.45) is 0. The zero-order chi connectivity index (χ0) is 14.4. The molecular formula is C13H20BrN3O2. The second-order valence-corrected chi connectivity index (χ2v) is 5.74. The van der Waals surface area contributed by atoms with Crippen molar-refractivity contribution in [3.05, 3.63) is 38.3 Å². The van der Waals surface area contributed by atoms with Crippen LogP contribution in [0.4, 0.5) is 5.69 Å². The Morgan fingerprint density at radius 3 is 2.68 bits per heavy atom. The molecule has 0 aromatic heterocycles. The highest BCUT2D eigenvalue weighted by Gasteiger charge is 2.08. The van der Waals surface area contributed by atoms with Crippen molar-refractivity contribution >= 4 is 21.6 Å². The third kappa shape index (κ3) is 5.67. The van der Waals surface area contributed by atoms with E-state index in [4.69, 9.17) is 0 Å². The standard InChI is InChI=1S/C13H20BrN3O2/c1-10(2)16(3)5-4-15-9-11-6-12(14)8-13(7-11)17(18)19/h6-8,10,15H,4-5,9H2,1-3H3. The summed E-state index contributed by atoms with van der Waals surface area (Å²) < 4.78 is 0.734. The Kier molecular flexibility index (Phi) is 6.41. The Morgan fingerprint density at radius 2 is 2.11 bits per heavy atom. The molecule has 0 aliphatic heterocycles. The van der Waals surface area contributed by atoms with E-state index in [-0.39, 0.29) is 10.6 Å². The van der Waals surface area contributed by atoms with Crippen LogP contribution in [-0.2, 0) is 6.54 Å². The highest BCUT2D eigenvalue weighted by atomic mass is 79.9. The summed E-state index contributed by atoms with van der Waals surface area (Å²) in [6, 6.07) is 5.53. The van der Waals surface area contributed by atoms with Crippen molar-refractivity contribution in [2.45, 2.75) is 26.4 Å². The van der Waals surface area contributed by atoms with Gasteiger partial charge < -0.3 is 10.2 Å². The van der Waals surface area contributed by atoms with Gasteiger partial charge in [-0.15, -0.1) is 0 Å². The van der Waals surface area contributed by atoms with E-state index >= 15 is 0 Å². The maximum absolute atomic E-state index is 10.8. The van der Waals surface area contributed by atoms with E-state index in [1.54, 1.807) is 6.07 Å². The Hall–Kier alpha value is -0.980. The van der Waals surface area contributed by atoms with Crippen LogP contribution in [0.15, 0.2) is 22.7 Å². The zero-order valence-electron chi connectivity index (χ0n) is 11.5. The third-order valence-electron chi connectivity index (χ3n) is 3.01. The monoisotopic (exact) mass is 329 g/mol. The number of rotatable bonds is 7. The van der Waals surface area contributed by atoms with Gasteiger partial charge in [0.25, 0.3) is 5.69 Å². The minimum Gasteiger partial charge on any atom is -0.311 e. The molecule has 19 heavy (non-hydrogen) atoms. The zero-order valence-corrected chi connectivity index (χ0v) is 13.1. The largest absolute Gasteiger partial charge is 0.311 e. The molecule has 0 atom stereocenters. The lowest BCUT2D eigenvalue weighted by molar-refractivity contribution is -0.385. The van der Waals surface area contributed by atoms with Crippen molar-refractivity contribution in [2.24, 2.45) is 0 Å². The van der Waals surface area contributed by atoms with Gasteiger partial charge in [-0.05, 0) is 32.5 Å². The van der Waals surface area contributed by atoms with Crippen molar-refractivity contribution in [2.75, 3.05) is 20.1 Å².